The Hall–Kier alpha value is -2.81. The van der Waals surface area contributed by atoms with Crippen LogP contribution in [0.25, 0.3) is 10.2 Å². The van der Waals surface area contributed by atoms with Crippen molar-refractivity contribution in [1.29, 1.82) is 0 Å². The van der Waals surface area contributed by atoms with Crippen LogP contribution in [-0.4, -0.2) is 29.5 Å². The van der Waals surface area contributed by atoms with Gasteiger partial charge in [-0.1, -0.05) is 41.7 Å². The molecule has 0 saturated carbocycles. The molecule has 3 heterocycles. The number of nitrogens with zero attached hydrogens (tertiary/aromatic N) is 2. The van der Waals surface area contributed by atoms with Gasteiger partial charge in [-0.15, -0.1) is 11.3 Å². The van der Waals surface area contributed by atoms with Gasteiger partial charge >= 0.3 is 5.97 Å². The van der Waals surface area contributed by atoms with Gasteiger partial charge in [-0.3, -0.25) is 4.90 Å². The Morgan fingerprint density at radius 2 is 2.06 bits per heavy atom. The molecule has 1 aliphatic heterocycles. The third-order valence-electron chi connectivity index (χ3n) is 5.35. The number of hydrogen-bond acceptors (Lipinski definition) is 7. The van der Waals surface area contributed by atoms with Gasteiger partial charge in [-0.05, 0) is 35.7 Å². The quantitative estimate of drug-likeness (QED) is 0.400. The molecule has 0 saturated heterocycles. The fourth-order valence-electron chi connectivity index (χ4n) is 3.89. The van der Waals surface area contributed by atoms with Crippen LogP contribution in [-0.2, 0) is 24.2 Å². The number of rotatable bonds is 5. The van der Waals surface area contributed by atoms with Gasteiger partial charge in [0.15, 0.2) is 5.13 Å². The fourth-order valence-corrected chi connectivity index (χ4v) is 6.12. The SMILES string of the molecule is COC(=O)c1c(Nc2nc3ccc(F)cc3s2)sc2c1CCN(Cc1ccccc1)C2. The summed E-state index contributed by atoms with van der Waals surface area (Å²) in [5.74, 6) is -0.633. The molecular formula is C23H20FN3O2S2. The van der Waals surface area contributed by atoms with E-state index in [-0.39, 0.29) is 11.8 Å². The number of benzene rings is 2. The topological polar surface area (TPSA) is 54.5 Å². The number of carbonyl (C=O) groups excluding carboxylic acids is 1. The number of ether oxygens (including phenoxy) is 1. The van der Waals surface area contributed by atoms with Crippen molar-refractivity contribution in [3.63, 3.8) is 0 Å². The van der Waals surface area contributed by atoms with E-state index in [0.29, 0.717) is 10.7 Å². The monoisotopic (exact) mass is 453 g/mol. The summed E-state index contributed by atoms with van der Waals surface area (Å²) in [5.41, 5.74) is 3.64. The van der Waals surface area contributed by atoms with Crippen LogP contribution in [0.3, 0.4) is 0 Å². The van der Waals surface area contributed by atoms with Crippen LogP contribution in [0.4, 0.5) is 14.5 Å². The third kappa shape index (κ3) is 4.06. The smallest absolute Gasteiger partial charge is 0.341 e. The molecule has 0 amide bonds. The number of thiazole rings is 1. The molecule has 0 unspecified atom stereocenters. The molecule has 1 N–H and O–H groups in total. The standard InChI is InChI=1S/C23H20FN3O2S2/c1-29-22(28)20-16-9-10-27(12-14-5-3-2-4-6-14)13-19(16)30-21(20)26-23-25-17-8-7-15(24)11-18(17)31-23/h2-8,11H,9-10,12-13H2,1H3,(H,25,26). The number of aromatic nitrogens is 1. The Kier molecular flexibility index (Phi) is 5.43. The van der Waals surface area contributed by atoms with Crippen molar-refractivity contribution in [2.45, 2.75) is 19.5 Å². The highest BCUT2D eigenvalue weighted by molar-refractivity contribution is 7.23. The third-order valence-corrected chi connectivity index (χ3v) is 7.41. The first-order valence-electron chi connectivity index (χ1n) is 9.93. The summed E-state index contributed by atoms with van der Waals surface area (Å²) >= 11 is 2.93. The molecule has 31 heavy (non-hydrogen) atoms. The van der Waals surface area contributed by atoms with Gasteiger partial charge in [0.2, 0.25) is 0 Å². The van der Waals surface area contributed by atoms with Crippen molar-refractivity contribution in [3.8, 4) is 0 Å². The van der Waals surface area contributed by atoms with E-state index in [2.05, 4.69) is 39.5 Å². The van der Waals surface area contributed by atoms with Gasteiger partial charge in [0.25, 0.3) is 0 Å². The Bertz CT molecular complexity index is 1250. The van der Waals surface area contributed by atoms with E-state index in [9.17, 15) is 9.18 Å². The lowest BCUT2D eigenvalue weighted by Gasteiger charge is -2.27. The fraction of sp³-hybridized carbons (Fsp3) is 0.217. The number of esters is 1. The molecule has 5 rings (SSSR count). The average molecular weight is 454 g/mol. The van der Waals surface area contributed by atoms with E-state index in [1.165, 1.54) is 36.1 Å². The second-order valence-corrected chi connectivity index (χ2v) is 9.54. The Morgan fingerprint density at radius 3 is 2.87 bits per heavy atom. The first-order chi connectivity index (χ1) is 15.1. The molecule has 0 atom stereocenters. The zero-order chi connectivity index (χ0) is 21.4. The van der Waals surface area contributed by atoms with Crippen LogP contribution in [0.15, 0.2) is 48.5 Å². The van der Waals surface area contributed by atoms with Crippen molar-refractivity contribution >= 4 is 49.0 Å². The molecule has 0 aliphatic carbocycles. The first kappa shape index (κ1) is 20.1. The predicted octanol–water partition coefficient (Wildman–Crippen LogP) is 5.59. The van der Waals surface area contributed by atoms with Crippen LogP contribution in [0.2, 0.25) is 0 Å². The average Bonchev–Trinajstić information content (AvgIpc) is 3.33. The van der Waals surface area contributed by atoms with Crippen molar-refractivity contribution in [2.75, 3.05) is 19.0 Å². The predicted molar refractivity (Wildman–Crippen MR) is 123 cm³/mol. The van der Waals surface area contributed by atoms with E-state index in [1.807, 2.05) is 6.07 Å². The van der Waals surface area contributed by atoms with Crippen molar-refractivity contribution in [1.82, 2.24) is 9.88 Å². The van der Waals surface area contributed by atoms with Gasteiger partial charge in [-0.25, -0.2) is 14.2 Å². The second kappa shape index (κ2) is 8.37. The number of thiophene rings is 1. The van der Waals surface area contributed by atoms with Gasteiger partial charge in [0.05, 0.1) is 22.9 Å². The van der Waals surface area contributed by atoms with Crippen molar-refractivity contribution < 1.29 is 13.9 Å². The molecule has 2 aromatic heterocycles. The highest BCUT2D eigenvalue weighted by Crippen LogP contribution is 2.40. The molecule has 0 fully saturated rings. The van der Waals surface area contributed by atoms with E-state index in [1.54, 1.807) is 17.4 Å². The molecule has 5 nitrogen and oxygen atoms in total. The lowest BCUT2D eigenvalue weighted by molar-refractivity contribution is 0.0600. The maximum absolute atomic E-state index is 13.5. The van der Waals surface area contributed by atoms with Crippen LogP contribution < -0.4 is 5.32 Å². The molecule has 158 valence electrons. The van der Waals surface area contributed by atoms with E-state index in [0.717, 1.165) is 51.7 Å². The molecule has 2 aromatic carbocycles. The Labute approximate surface area is 187 Å². The molecule has 0 bridgehead atoms. The first-order valence-corrected chi connectivity index (χ1v) is 11.6. The lowest BCUT2D eigenvalue weighted by Crippen LogP contribution is -2.29. The molecular weight excluding hydrogens is 433 g/mol. The van der Waals surface area contributed by atoms with E-state index < -0.39 is 0 Å². The Balaban J connectivity index is 1.44. The van der Waals surface area contributed by atoms with Gasteiger partial charge in [0, 0.05) is 24.5 Å². The molecule has 8 heteroatoms. The van der Waals surface area contributed by atoms with Gasteiger partial charge < -0.3 is 10.1 Å². The number of methoxy groups -OCH3 is 1. The van der Waals surface area contributed by atoms with Crippen LogP contribution in [0.1, 0.15) is 26.4 Å². The van der Waals surface area contributed by atoms with Crippen molar-refractivity contribution in [2.24, 2.45) is 0 Å². The Morgan fingerprint density at radius 1 is 1.23 bits per heavy atom. The molecule has 0 spiro atoms. The summed E-state index contributed by atoms with van der Waals surface area (Å²) in [6.07, 6.45) is 0.788. The molecule has 1 aliphatic rings. The minimum Gasteiger partial charge on any atom is -0.465 e. The van der Waals surface area contributed by atoms with Gasteiger partial charge in [-0.2, -0.15) is 0 Å². The zero-order valence-electron chi connectivity index (χ0n) is 16.9. The summed E-state index contributed by atoms with van der Waals surface area (Å²) < 4.78 is 19.4. The van der Waals surface area contributed by atoms with Gasteiger partial charge in [0.1, 0.15) is 10.8 Å². The van der Waals surface area contributed by atoms with E-state index >= 15 is 0 Å². The summed E-state index contributed by atoms with van der Waals surface area (Å²) in [5, 5.41) is 4.67. The number of hydrogen-bond donors (Lipinski definition) is 1. The normalized spacial score (nSPS) is 13.9. The highest BCUT2D eigenvalue weighted by Gasteiger charge is 2.29. The minimum atomic E-state index is -0.344. The number of carbonyl (C=O) groups is 1. The zero-order valence-corrected chi connectivity index (χ0v) is 18.5. The summed E-state index contributed by atoms with van der Waals surface area (Å²) in [6, 6.07) is 14.9. The highest BCUT2D eigenvalue weighted by atomic mass is 32.1. The maximum Gasteiger partial charge on any atom is 0.341 e. The number of anilines is 2. The number of halogens is 1. The minimum absolute atomic E-state index is 0.289. The number of nitrogens with one attached hydrogen (secondary N) is 1. The van der Waals surface area contributed by atoms with E-state index in [4.69, 9.17) is 4.74 Å². The number of fused-ring (bicyclic) bond motifs is 2. The lowest BCUT2D eigenvalue weighted by atomic mass is 10.0. The van der Waals surface area contributed by atoms with Crippen LogP contribution >= 0.6 is 22.7 Å². The summed E-state index contributed by atoms with van der Waals surface area (Å²) in [7, 11) is 1.40. The maximum atomic E-state index is 13.5. The van der Waals surface area contributed by atoms with Crippen molar-refractivity contribution in [3.05, 3.63) is 75.9 Å². The van der Waals surface area contributed by atoms with Crippen LogP contribution in [0, 0.1) is 5.82 Å². The molecule has 4 aromatic rings. The van der Waals surface area contributed by atoms with Crippen LogP contribution in [0.5, 0.6) is 0 Å². The second-order valence-electron chi connectivity index (χ2n) is 7.40. The molecule has 0 radical (unpaired) electrons. The summed E-state index contributed by atoms with van der Waals surface area (Å²) in [4.78, 5) is 20.7. The largest absolute Gasteiger partial charge is 0.465 e. The summed E-state index contributed by atoms with van der Waals surface area (Å²) in [6.45, 7) is 2.53.